The van der Waals surface area contributed by atoms with Crippen molar-refractivity contribution in [3.05, 3.63) is 36.5 Å². The highest BCUT2D eigenvalue weighted by Crippen LogP contribution is 2.46. The molecule has 0 aliphatic heterocycles. The summed E-state index contributed by atoms with van der Waals surface area (Å²) in [6.45, 7) is 12.5. The largest absolute Gasteiger partial charge is 0.389 e. The molecule has 3 fully saturated rings. The number of unbranched alkanes of at least 4 members (excludes halogenated alkanes) is 8. The molecular weight excluding hydrogens is 673 g/mol. The van der Waals surface area contributed by atoms with Crippen molar-refractivity contribution >= 4 is 0 Å². The van der Waals surface area contributed by atoms with E-state index in [4.69, 9.17) is 10.2 Å². The van der Waals surface area contributed by atoms with Crippen LogP contribution >= 0.6 is 0 Å². The van der Waals surface area contributed by atoms with E-state index in [1.165, 1.54) is 128 Å². The molecule has 0 saturated heterocycles. The zero-order valence-electron chi connectivity index (χ0n) is 36.7. The Morgan fingerprint density at radius 1 is 0.491 bits per heavy atom. The fourth-order valence-electron chi connectivity index (χ4n) is 7.43. The van der Waals surface area contributed by atoms with E-state index in [1.807, 2.05) is 6.08 Å². The third kappa shape index (κ3) is 32.6. The Bertz CT molecular complexity index is 1130. The monoisotopic (exact) mass is 759 g/mol. The molecule has 3 nitrogen and oxygen atoms in total. The first kappa shape index (κ1) is 50.8. The summed E-state index contributed by atoms with van der Waals surface area (Å²) in [5.74, 6) is 24.1. The van der Waals surface area contributed by atoms with Gasteiger partial charge in [-0.1, -0.05) is 159 Å². The van der Waals surface area contributed by atoms with Crippen LogP contribution in [0.4, 0.5) is 0 Å². The molecule has 0 amide bonds. The maximum absolute atomic E-state index is 9.66. The molecule has 0 aromatic rings. The van der Waals surface area contributed by atoms with Crippen molar-refractivity contribution in [1.29, 1.82) is 0 Å². The summed E-state index contributed by atoms with van der Waals surface area (Å²) in [5.41, 5.74) is 0. The Labute approximate surface area is 342 Å². The van der Waals surface area contributed by atoms with Gasteiger partial charge in [0.05, 0.1) is 12.2 Å². The van der Waals surface area contributed by atoms with Gasteiger partial charge in [-0.3, -0.25) is 0 Å². The van der Waals surface area contributed by atoms with E-state index in [0.29, 0.717) is 0 Å². The summed E-state index contributed by atoms with van der Waals surface area (Å²) in [6.07, 6.45) is 42.3. The van der Waals surface area contributed by atoms with Crippen LogP contribution in [0.1, 0.15) is 202 Å². The summed E-state index contributed by atoms with van der Waals surface area (Å²) in [5, 5.41) is 27.6. The number of aliphatic hydroxyl groups excluding tert-OH is 3. The molecule has 3 rings (SSSR count). The smallest absolute Gasteiger partial charge is 0.115 e. The molecule has 0 heterocycles. The molecule has 3 heteroatoms. The van der Waals surface area contributed by atoms with Gasteiger partial charge in [0, 0.05) is 12.8 Å². The summed E-state index contributed by atoms with van der Waals surface area (Å²) >= 11 is 0. The molecule has 9 atom stereocenters. The van der Waals surface area contributed by atoms with Crippen molar-refractivity contribution in [2.24, 2.45) is 35.5 Å². The Balaban J connectivity index is 0.000000416. The van der Waals surface area contributed by atoms with Crippen LogP contribution in [0.5, 0.6) is 0 Å². The zero-order valence-corrected chi connectivity index (χ0v) is 36.7. The number of rotatable bonds is 25. The van der Waals surface area contributed by atoms with Crippen molar-refractivity contribution in [3.63, 3.8) is 0 Å². The molecule has 3 N–H and O–H groups in total. The van der Waals surface area contributed by atoms with E-state index in [0.717, 1.165) is 67.6 Å². The third-order valence-corrected chi connectivity index (χ3v) is 11.4. The highest BCUT2D eigenvalue weighted by atomic mass is 16.3. The van der Waals surface area contributed by atoms with Crippen LogP contribution < -0.4 is 0 Å². The first-order valence-corrected chi connectivity index (χ1v) is 23.3. The maximum Gasteiger partial charge on any atom is 0.115 e. The topological polar surface area (TPSA) is 60.7 Å². The standard InChI is InChI=1S/C20H34O.2C16H26O/c1-3-5-9-13-18-17-19(18)14-11-7-8-12-16-20(21)15-10-6-4-2;2*1-3-4-7-11-15-13-16(15)12-9-6-5-8-10-14(2)17/h7-8,18-21H,3-6,9-11,13-15,17H2,1-2H3;2*8,10,14-17H,3-4,7,9,11-13H2,1-2H3/b8-7-;2*10-8+/t18-,19-,20-;14-,15+,16+;14-,15-,16-/m101/s1. The second-order valence-corrected chi connectivity index (χ2v) is 17.0. The second-order valence-electron chi connectivity index (χ2n) is 17.0. The van der Waals surface area contributed by atoms with Crippen LogP contribution in [0, 0.1) is 71.0 Å². The first-order chi connectivity index (χ1) is 26.7. The normalized spacial score (nSPS) is 23.5. The van der Waals surface area contributed by atoms with Gasteiger partial charge < -0.3 is 15.3 Å². The van der Waals surface area contributed by atoms with Gasteiger partial charge in [-0.15, -0.1) is 0 Å². The summed E-state index contributed by atoms with van der Waals surface area (Å²) < 4.78 is 0. The predicted octanol–water partition coefficient (Wildman–Crippen LogP) is 13.3. The molecule has 0 radical (unpaired) electrons. The molecule has 0 aromatic heterocycles. The number of hydrogen-bond donors (Lipinski definition) is 3. The van der Waals surface area contributed by atoms with Gasteiger partial charge in [-0.2, -0.15) is 0 Å². The highest BCUT2D eigenvalue weighted by Gasteiger charge is 2.36. The minimum Gasteiger partial charge on any atom is -0.389 e. The van der Waals surface area contributed by atoms with Crippen LogP contribution in [0.25, 0.3) is 0 Å². The lowest BCUT2D eigenvalue weighted by Crippen LogP contribution is -2.01. The minimum atomic E-state index is -0.437. The van der Waals surface area contributed by atoms with Crippen molar-refractivity contribution in [1.82, 2.24) is 0 Å². The Morgan fingerprint density at radius 2 is 0.891 bits per heavy atom. The van der Waals surface area contributed by atoms with E-state index < -0.39 is 6.10 Å². The third-order valence-electron chi connectivity index (χ3n) is 11.4. The zero-order chi connectivity index (χ0) is 40.4. The van der Waals surface area contributed by atoms with Gasteiger partial charge in [0.25, 0.3) is 0 Å². The van der Waals surface area contributed by atoms with Crippen molar-refractivity contribution < 1.29 is 15.3 Å². The van der Waals surface area contributed by atoms with Gasteiger partial charge >= 0.3 is 0 Å². The first-order valence-electron chi connectivity index (χ1n) is 23.3. The quantitative estimate of drug-likeness (QED) is 0.0642. The Hall–Kier alpha value is -2.22. The lowest BCUT2D eigenvalue weighted by Gasteiger charge is -2.00. The summed E-state index contributed by atoms with van der Waals surface area (Å²) in [4.78, 5) is 0. The van der Waals surface area contributed by atoms with Crippen LogP contribution in [0.2, 0.25) is 0 Å². The summed E-state index contributed by atoms with van der Waals surface area (Å²) in [7, 11) is 0. The highest BCUT2D eigenvalue weighted by molar-refractivity contribution is 5.18. The number of aliphatic hydroxyl groups is 3. The van der Waals surface area contributed by atoms with Gasteiger partial charge in [-0.25, -0.2) is 0 Å². The predicted molar refractivity (Wildman–Crippen MR) is 239 cm³/mol. The summed E-state index contributed by atoms with van der Waals surface area (Å²) in [6, 6.07) is 0. The minimum absolute atomic E-state index is 0.379. The van der Waals surface area contributed by atoms with Gasteiger partial charge in [0.2, 0.25) is 0 Å². The van der Waals surface area contributed by atoms with Gasteiger partial charge in [-0.05, 0) is 138 Å². The molecular formula is C52H86O3. The number of allylic oxidation sites excluding steroid dienone is 4. The average molecular weight is 759 g/mol. The van der Waals surface area contributed by atoms with Crippen molar-refractivity contribution in [2.45, 2.75) is 220 Å². The Kier molecular flexibility index (Phi) is 32.3. The molecule has 3 saturated carbocycles. The number of hydrogen-bond acceptors (Lipinski definition) is 3. The van der Waals surface area contributed by atoms with E-state index in [1.54, 1.807) is 38.2 Å². The van der Waals surface area contributed by atoms with Crippen molar-refractivity contribution in [2.75, 3.05) is 0 Å². The van der Waals surface area contributed by atoms with Crippen LogP contribution in [0.3, 0.4) is 0 Å². The molecule has 0 unspecified atom stereocenters. The second kappa shape index (κ2) is 35.0. The van der Waals surface area contributed by atoms with Crippen LogP contribution in [-0.4, -0.2) is 33.6 Å². The van der Waals surface area contributed by atoms with E-state index in [-0.39, 0.29) is 12.2 Å². The maximum atomic E-state index is 9.66. The molecule has 312 valence electrons. The van der Waals surface area contributed by atoms with Crippen LogP contribution in [0.15, 0.2) is 36.5 Å². The lowest BCUT2D eigenvalue weighted by atomic mass is 10.1. The molecule has 0 spiro atoms. The van der Waals surface area contributed by atoms with Gasteiger partial charge in [0.15, 0.2) is 0 Å². The van der Waals surface area contributed by atoms with E-state index >= 15 is 0 Å². The van der Waals surface area contributed by atoms with E-state index in [9.17, 15) is 5.11 Å². The van der Waals surface area contributed by atoms with Crippen LogP contribution in [-0.2, 0) is 0 Å². The molecule has 3 aliphatic rings. The average Bonchev–Trinajstić information content (AvgIpc) is 4.09. The Morgan fingerprint density at radius 3 is 1.31 bits per heavy atom. The van der Waals surface area contributed by atoms with Gasteiger partial charge in [0.1, 0.15) is 6.10 Å². The lowest BCUT2D eigenvalue weighted by molar-refractivity contribution is 0.217. The van der Waals surface area contributed by atoms with E-state index in [2.05, 4.69) is 69.3 Å². The molecule has 0 bridgehead atoms. The SMILES string of the molecule is CCCCC[C@@H]1C[C@H]1CC/C=C\C#C[C@H](O)CCCCC.CCCCC[C@@H]1C[C@H]1CCC#C/C=C/[C@@H](C)O.CCCCC[C@@H]1C[C@H]1CCC#C/C=C/[C@H](C)O. The molecule has 3 aliphatic carbocycles. The van der Waals surface area contributed by atoms with Crippen molar-refractivity contribution in [3.8, 4) is 35.5 Å². The molecule has 0 aromatic carbocycles. The fourth-order valence-corrected chi connectivity index (χ4v) is 7.43. The fraction of sp³-hybridized carbons (Fsp3) is 0.769. The molecule has 55 heavy (non-hydrogen) atoms.